The van der Waals surface area contributed by atoms with Gasteiger partial charge in [0.05, 0.1) is 12.1 Å². The molecule has 0 spiro atoms. The highest BCUT2D eigenvalue weighted by Crippen LogP contribution is 2.29. The number of aldehydes is 1. The normalized spacial score (nSPS) is 16.0. The van der Waals surface area contributed by atoms with Crippen LogP contribution in [0.2, 0.25) is 0 Å². The first-order valence-corrected chi connectivity index (χ1v) is 12.8. The van der Waals surface area contributed by atoms with E-state index in [1.165, 1.54) is 11.1 Å². The van der Waals surface area contributed by atoms with Gasteiger partial charge in [0.25, 0.3) is 0 Å². The van der Waals surface area contributed by atoms with E-state index in [-0.39, 0.29) is 11.6 Å². The zero-order valence-electron chi connectivity index (χ0n) is 21.9. The van der Waals surface area contributed by atoms with Crippen molar-refractivity contribution in [2.75, 3.05) is 57.2 Å². The number of anilines is 2. The highest BCUT2D eigenvalue weighted by Gasteiger charge is 2.28. The van der Waals surface area contributed by atoms with Gasteiger partial charge in [-0.05, 0) is 62.4 Å². The van der Waals surface area contributed by atoms with E-state index in [1.807, 2.05) is 18.0 Å². The quantitative estimate of drug-likeness (QED) is 0.415. The third-order valence-electron chi connectivity index (χ3n) is 6.86. The lowest BCUT2D eigenvalue weighted by Crippen LogP contribution is -2.40. The molecule has 2 aromatic rings. The molecule has 4 rings (SSSR count). The predicted molar refractivity (Wildman–Crippen MR) is 141 cm³/mol. The smallest absolute Gasteiger partial charge is 0.328 e. The Hall–Kier alpha value is -3.88. The molecule has 0 bridgehead atoms. The maximum atomic E-state index is 13.3. The standard InChI is InChI=1S/C27H33N7O4/c1-32-8-5-9-33(25(36)17-32)16-21-12-20-6-3-10-34(26(20)30-23(21)18-35)27(37)31-24-13-19(7-4-11-38-2)22(14-28)15-29-24/h12-13,15,18H,3-11,16-17H2,1-2H3,(H,29,31,37). The Bertz CT molecular complexity index is 1240. The summed E-state index contributed by atoms with van der Waals surface area (Å²) in [5.74, 6) is 0.804. The second-order valence-corrected chi connectivity index (χ2v) is 9.66. The van der Waals surface area contributed by atoms with Crippen LogP contribution in [0.15, 0.2) is 18.3 Å². The van der Waals surface area contributed by atoms with Crippen molar-refractivity contribution in [1.82, 2.24) is 19.8 Å². The van der Waals surface area contributed by atoms with E-state index in [2.05, 4.69) is 21.4 Å². The van der Waals surface area contributed by atoms with E-state index in [0.717, 1.165) is 36.9 Å². The lowest BCUT2D eigenvalue weighted by atomic mass is 10.0. The number of aromatic nitrogens is 2. The van der Waals surface area contributed by atoms with Crippen LogP contribution in [0.3, 0.4) is 0 Å². The van der Waals surface area contributed by atoms with Crippen LogP contribution in [-0.2, 0) is 28.9 Å². The molecule has 200 valence electrons. The fraction of sp³-hybridized carbons (Fsp3) is 0.481. The molecule has 0 atom stereocenters. The lowest BCUT2D eigenvalue weighted by molar-refractivity contribution is -0.131. The van der Waals surface area contributed by atoms with Crippen LogP contribution in [0.4, 0.5) is 16.4 Å². The molecule has 38 heavy (non-hydrogen) atoms. The van der Waals surface area contributed by atoms with Crippen molar-refractivity contribution in [3.63, 3.8) is 0 Å². The number of rotatable bonds is 8. The van der Waals surface area contributed by atoms with Crippen LogP contribution in [0, 0.1) is 11.3 Å². The average Bonchev–Trinajstić information content (AvgIpc) is 3.07. The number of likely N-dealkylation sites (N-methyl/N-ethyl adjacent to an activating group) is 1. The molecule has 0 saturated carbocycles. The Labute approximate surface area is 222 Å². The van der Waals surface area contributed by atoms with Gasteiger partial charge in [-0.15, -0.1) is 0 Å². The van der Waals surface area contributed by atoms with Crippen molar-refractivity contribution in [1.29, 1.82) is 5.26 Å². The average molecular weight is 520 g/mol. The largest absolute Gasteiger partial charge is 0.385 e. The molecule has 2 aliphatic rings. The number of fused-ring (bicyclic) bond motifs is 1. The van der Waals surface area contributed by atoms with E-state index < -0.39 is 6.03 Å². The number of ether oxygens (including phenoxy) is 1. The molecule has 1 saturated heterocycles. The van der Waals surface area contributed by atoms with Gasteiger partial charge in [0.15, 0.2) is 6.29 Å². The van der Waals surface area contributed by atoms with E-state index in [4.69, 9.17) is 4.74 Å². The van der Waals surface area contributed by atoms with Gasteiger partial charge >= 0.3 is 6.03 Å². The molecule has 0 aromatic carbocycles. The summed E-state index contributed by atoms with van der Waals surface area (Å²) in [6.45, 7) is 3.14. The molecular weight excluding hydrogens is 486 g/mol. The molecule has 2 aliphatic heterocycles. The minimum absolute atomic E-state index is 0.0251. The van der Waals surface area contributed by atoms with Gasteiger partial charge < -0.3 is 9.64 Å². The van der Waals surface area contributed by atoms with Crippen LogP contribution in [0.25, 0.3) is 0 Å². The van der Waals surface area contributed by atoms with Crippen molar-refractivity contribution in [3.8, 4) is 6.07 Å². The number of carbonyl (C=O) groups is 3. The summed E-state index contributed by atoms with van der Waals surface area (Å²) in [6, 6.07) is 5.34. The summed E-state index contributed by atoms with van der Waals surface area (Å²) in [5.41, 5.74) is 3.02. The molecule has 0 unspecified atom stereocenters. The third kappa shape index (κ3) is 6.33. The highest BCUT2D eigenvalue weighted by molar-refractivity contribution is 6.01. The minimum atomic E-state index is -0.408. The molecule has 1 fully saturated rings. The van der Waals surface area contributed by atoms with Gasteiger partial charge in [-0.1, -0.05) is 0 Å². The second kappa shape index (κ2) is 12.6. The van der Waals surface area contributed by atoms with Crippen LogP contribution >= 0.6 is 0 Å². The minimum Gasteiger partial charge on any atom is -0.385 e. The lowest BCUT2D eigenvalue weighted by Gasteiger charge is -2.30. The number of nitrogens with one attached hydrogen (secondary N) is 1. The number of pyridine rings is 2. The SMILES string of the molecule is COCCCc1cc(NC(=O)N2CCCc3cc(CN4CCCN(C)CC4=O)c(C=O)nc32)ncc1C#N. The Balaban J connectivity index is 1.54. The summed E-state index contributed by atoms with van der Waals surface area (Å²) in [7, 11) is 3.55. The zero-order chi connectivity index (χ0) is 27.1. The third-order valence-corrected chi connectivity index (χ3v) is 6.86. The fourth-order valence-corrected chi connectivity index (χ4v) is 4.88. The number of nitriles is 1. The van der Waals surface area contributed by atoms with Gasteiger partial charge in [-0.25, -0.2) is 14.8 Å². The van der Waals surface area contributed by atoms with Crippen LogP contribution in [0.1, 0.15) is 52.0 Å². The Morgan fingerprint density at radius 3 is 2.84 bits per heavy atom. The van der Waals surface area contributed by atoms with Crippen molar-refractivity contribution in [2.45, 2.75) is 38.6 Å². The van der Waals surface area contributed by atoms with Gasteiger partial charge in [0, 0.05) is 51.7 Å². The highest BCUT2D eigenvalue weighted by atomic mass is 16.5. The number of nitrogens with zero attached hydrogens (tertiary/aromatic N) is 6. The van der Waals surface area contributed by atoms with Crippen LogP contribution in [-0.4, -0.2) is 84.9 Å². The zero-order valence-corrected chi connectivity index (χ0v) is 21.9. The molecule has 3 amide bonds. The van der Waals surface area contributed by atoms with E-state index >= 15 is 0 Å². The maximum absolute atomic E-state index is 13.3. The summed E-state index contributed by atoms with van der Waals surface area (Å²) in [4.78, 5) is 52.0. The number of hydrogen-bond acceptors (Lipinski definition) is 8. The first-order chi connectivity index (χ1) is 18.4. The summed E-state index contributed by atoms with van der Waals surface area (Å²) >= 11 is 0. The molecule has 11 heteroatoms. The van der Waals surface area contributed by atoms with Crippen molar-refractivity contribution in [3.05, 3.63) is 46.3 Å². The number of urea groups is 1. The topological polar surface area (TPSA) is 132 Å². The summed E-state index contributed by atoms with van der Waals surface area (Å²) in [5, 5.41) is 12.2. The Kier molecular flexibility index (Phi) is 8.99. The van der Waals surface area contributed by atoms with Crippen molar-refractivity contribution >= 4 is 29.9 Å². The number of carbonyl (C=O) groups excluding carboxylic acids is 3. The van der Waals surface area contributed by atoms with Crippen LogP contribution in [0.5, 0.6) is 0 Å². The number of aryl methyl sites for hydroxylation is 2. The summed E-state index contributed by atoms with van der Waals surface area (Å²) in [6.07, 6.45) is 5.82. The first-order valence-electron chi connectivity index (χ1n) is 12.8. The monoisotopic (exact) mass is 519 g/mol. The van der Waals surface area contributed by atoms with Crippen molar-refractivity contribution < 1.29 is 19.1 Å². The van der Waals surface area contributed by atoms with Gasteiger partial charge in [-0.2, -0.15) is 5.26 Å². The number of hydrogen-bond donors (Lipinski definition) is 1. The predicted octanol–water partition coefficient (Wildman–Crippen LogP) is 2.39. The first kappa shape index (κ1) is 27.2. The van der Waals surface area contributed by atoms with E-state index in [9.17, 15) is 19.6 Å². The van der Waals surface area contributed by atoms with Crippen LogP contribution < -0.4 is 10.2 Å². The summed E-state index contributed by atoms with van der Waals surface area (Å²) < 4.78 is 5.10. The Morgan fingerprint density at radius 2 is 2.08 bits per heavy atom. The number of amides is 3. The van der Waals surface area contributed by atoms with Crippen molar-refractivity contribution in [2.24, 2.45) is 0 Å². The fourth-order valence-electron chi connectivity index (χ4n) is 4.88. The van der Waals surface area contributed by atoms with E-state index in [1.54, 1.807) is 18.1 Å². The Morgan fingerprint density at radius 1 is 1.24 bits per heavy atom. The van der Waals surface area contributed by atoms with E-state index in [0.29, 0.717) is 74.7 Å². The maximum Gasteiger partial charge on any atom is 0.328 e. The van der Waals surface area contributed by atoms with Gasteiger partial charge in [-0.3, -0.25) is 24.7 Å². The second-order valence-electron chi connectivity index (χ2n) is 9.66. The molecule has 0 radical (unpaired) electrons. The number of methoxy groups -OCH3 is 1. The molecular formula is C27H33N7O4. The molecule has 2 aromatic heterocycles. The van der Waals surface area contributed by atoms with Gasteiger partial charge in [0.1, 0.15) is 23.4 Å². The molecule has 1 N–H and O–H groups in total. The molecule has 0 aliphatic carbocycles. The van der Waals surface area contributed by atoms with Gasteiger partial charge in [0.2, 0.25) is 5.91 Å². The molecule has 11 nitrogen and oxygen atoms in total. The molecule has 4 heterocycles.